The molecular weight excluding hydrogens is 278 g/mol. The Morgan fingerprint density at radius 2 is 2.18 bits per heavy atom. The standard InChI is InChI=1S/C18H21NO3/c1-11-9-17-15(18(20)22-11)5-6-16-14-4-3-13(21-2)10-12(14)7-8-19(16)17/h3-4,10-11,16H,5-9H2,1-2H3/t11-,16+/m0/s1. The molecule has 0 fully saturated rings. The minimum absolute atomic E-state index is 0.0118. The number of carbonyl (C=O) groups is 1. The summed E-state index contributed by atoms with van der Waals surface area (Å²) >= 11 is 0. The van der Waals surface area contributed by atoms with Crippen molar-refractivity contribution in [3.63, 3.8) is 0 Å². The molecule has 1 aromatic rings. The second-order valence-corrected chi connectivity index (χ2v) is 6.41. The quantitative estimate of drug-likeness (QED) is 0.747. The third-order valence-corrected chi connectivity index (χ3v) is 5.11. The fourth-order valence-corrected chi connectivity index (χ4v) is 4.08. The molecule has 0 bridgehead atoms. The fourth-order valence-electron chi connectivity index (χ4n) is 4.08. The molecule has 0 spiro atoms. The smallest absolute Gasteiger partial charge is 0.336 e. The van der Waals surface area contributed by atoms with Gasteiger partial charge in [-0.05, 0) is 49.4 Å². The van der Waals surface area contributed by atoms with Crippen LogP contribution in [-0.4, -0.2) is 30.6 Å². The highest BCUT2D eigenvalue weighted by atomic mass is 16.5. The van der Waals surface area contributed by atoms with Crippen molar-refractivity contribution in [3.05, 3.63) is 40.6 Å². The lowest BCUT2D eigenvalue weighted by Gasteiger charge is -2.46. The highest BCUT2D eigenvalue weighted by Gasteiger charge is 2.39. The molecule has 3 aliphatic rings. The van der Waals surface area contributed by atoms with Gasteiger partial charge in [0.25, 0.3) is 0 Å². The average Bonchev–Trinajstić information content (AvgIpc) is 2.53. The molecule has 3 heterocycles. The van der Waals surface area contributed by atoms with E-state index in [2.05, 4.69) is 17.0 Å². The Hall–Kier alpha value is -1.97. The Bertz CT molecular complexity index is 664. The van der Waals surface area contributed by atoms with Crippen LogP contribution in [0.4, 0.5) is 0 Å². The number of esters is 1. The van der Waals surface area contributed by atoms with E-state index in [4.69, 9.17) is 9.47 Å². The van der Waals surface area contributed by atoms with Crippen molar-refractivity contribution in [1.82, 2.24) is 4.90 Å². The van der Waals surface area contributed by atoms with Crippen LogP contribution in [0.25, 0.3) is 0 Å². The molecule has 4 rings (SSSR count). The van der Waals surface area contributed by atoms with Crippen molar-refractivity contribution in [3.8, 4) is 5.75 Å². The van der Waals surface area contributed by atoms with Crippen LogP contribution in [-0.2, 0) is 16.0 Å². The third-order valence-electron chi connectivity index (χ3n) is 5.11. The average molecular weight is 299 g/mol. The summed E-state index contributed by atoms with van der Waals surface area (Å²) in [4.78, 5) is 14.6. The van der Waals surface area contributed by atoms with Crippen LogP contribution in [0.3, 0.4) is 0 Å². The summed E-state index contributed by atoms with van der Waals surface area (Å²) in [5, 5.41) is 0. The number of benzene rings is 1. The minimum Gasteiger partial charge on any atom is -0.497 e. The Morgan fingerprint density at radius 1 is 1.32 bits per heavy atom. The SMILES string of the molecule is COc1ccc2c(c1)CCN1C3=C(CC[C@H]21)C(=O)O[C@@H](C)C3. The van der Waals surface area contributed by atoms with Crippen LogP contribution in [0.5, 0.6) is 5.75 Å². The molecule has 22 heavy (non-hydrogen) atoms. The summed E-state index contributed by atoms with van der Waals surface area (Å²) in [6.45, 7) is 2.96. The molecule has 0 radical (unpaired) electrons. The van der Waals surface area contributed by atoms with Gasteiger partial charge in [0.1, 0.15) is 11.9 Å². The van der Waals surface area contributed by atoms with Gasteiger partial charge in [0, 0.05) is 18.7 Å². The number of hydrogen-bond donors (Lipinski definition) is 0. The van der Waals surface area contributed by atoms with Gasteiger partial charge in [0.15, 0.2) is 0 Å². The summed E-state index contributed by atoms with van der Waals surface area (Å²) in [5.41, 5.74) is 4.91. The number of hydrogen-bond acceptors (Lipinski definition) is 4. The minimum atomic E-state index is -0.104. The molecule has 0 aromatic heterocycles. The fraction of sp³-hybridized carbons (Fsp3) is 0.500. The van der Waals surface area contributed by atoms with Crippen LogP contribution >= 0.6 is 0 Å². The topological polar surface area (TPSA) is 38.8 Å². The van der Waals surface area contributed by atoms with Crippen molar-refractivity contribution in [2.24, 2.45) is 0 Å². The van der Waals surface area contributed by atoms with Gasteiger partial charge in [0.2, 0.25) is 0 Å². The van der Waals surface area contributed by atoms with Crippen LogP contribution in [0, 0.1) is 0 Å². The Kier molecular flexibility index (Phi) is 3.13. The van der Waals surface area contributed by atoms with Gasteiger partial charge >= 0.3 is 5.97 Å². The second kappa shape index (κ2) is 5.04. The lowest BCUT2D eigenvalue weighted by atomic mass is 9.83. The number of nitrogens with zero attached hydrogens (tertiary/aromatic N) is 1. The van der Waals surface area contributed by atoms with Gasteiger partial charge in [-0.2, -0.15) is 0 Å². The Morgan fingerprint density at radius 3 is 3.00 bits per heavy atom. The van der Waals surface area contributed by atoms with E-state index < -0.39 is 0 Å². The van der Waals surface area contributed by atoms with Crippen molar-refractivity contribution >= 4 is 5.97 Å². The first-order valence-corrected chi connectivity index (χ1v) is 8.04. The first-order valence-electron chi connectivity index (χ1n) is 8.04. The van der Waals surface area contributed by atoms with Gasteiger partial charge in [-0.1, -0.05) is 6.07 Å². The Labute approximate surface area is 130 Å². The number of rotatable bonds is 1. The zero-order valence-corrected chi connectivity index (χ0v) is 13.1. The number of cyclic esters (lactones) is 1. The maximum atomic E-state index is 12.1. The molecule has 116 valence electrons. The number of fused-ring (bicyclic) bond motifs is 4. The largest absolute Gasteiger partial charge is 0.497 e. The van der Waals surface area contributed by atoms with E-state index in [1.807, 2.05) is 13.0 Å². The predicted molar refractivity (Wildman–Crippen MR) is 82.6 cm³/mol. The van der Waals surface area contributed by atoms with E-state index in [1.54, 1.807) is 7.11 Å². The van der Waals surface area contributed by atoms with Crippen molar-refractivity contribution in [1.29, 1.82) is 0 Å². The van der Waals surface area contributed by atoms with Gasteiger partial charge in [-0.25, -0.2) is 4.79 Å². The highest BCUT2D eigenvalue weighted by molar-refractivity contribution is 5.90. The molecule has 3 aliphatic heterocycles. The number of methoxy groups -OCH3 is 1. The van der Waals surface area contributed by atoms with Crippen molar-refractivity contribution < 1.29 is 14.3 Å². The first kappa shape index (κ1) is 13.7. The molecule has 0 saturated heterocycles. The first-order chi connectivity index (χ1) is 10.7. The molecular formula is C18H21NO3. The van der Waals surface area contributed by atoms with Gasteiger partial charge in [0.05, 0.1) is 18.7 Å². The lowest BCUT2D eigenvalue weighted by Crippen LogP contribution is -2.42. The van der Waals surface area contributed by atoms with Crippen LogP contribution in [0.15, 0.2) is 29.5 Å². The van der Waals surface area contributed by atoms with E-state index in [9.17, 15) is 4.79 Å². The number of carbonyl (C=O) groups excluding carboxylic acids is 1. The van der Waals surface area contributed by atoms with E-state index in [-0.39, 0.29) is 12.1 Å². The monoisotopic (exact) mass is 299 g/mol. The molecule has 0 N–H and O–H groups in total. The van der Waals surface area contributed by atoms with Crippen molar-refractivity contribution in [2.45, 2.75) is 44.8 Å². The Balaban J connectivity index is 1.72. The van der Waals surface area contributed by atoms with Gasteiger partial charge < -0.3 is 14.4 Å². The third kappa shape index (κ3) is 2.01. The van der Waals surface area contributed by atoms with Crippen LogP contribution in [0.2, 0.25) is 0 Å². The summed E-state index contributed by atoms with van der Waals surface area (Å²) in [6.07, 6.45) is 3.66. The van der Waals surface area contributed by atoms with E-state index in [1.165, 1.54) is 16.8 Å². The zero-order chi connectivity index (χ0) is 15.3. The maximum absolute atomic E-state index is 12.1. The maximum Gasteiger partial charge on any atom is 0.336 e. The summed E-state index contributed by atoms with van der Waals surface area (Å²) in [6, 6.07) is 6.80. The molecule has 1 aromatic carbocycles. The van der Waals surface area contributed by atoms with Gasteiger partial charge in [-0.15, -0.1) is 0 Å². The van der Waals surface area contributed by atoms with E-state index >= 15 is 0 Å². The second-order valence-electron chi connectivity index (χ2n) is 6.41. The van der Waals surface area contributed by atoms with E-state index in [0.717, 1.165) is 43.6 Å². The van der Waals surface area contributed by atoms with Crippen LogP contribution in [0.1, 0.15) is 43.4 Å². The highest BCUT2D eigenvalue weighted by Crippen LogP contribution is 2.44. The summed E-state index contributed by atoms with van der Waals surface area (Å²) in [5.74, 6) is 0.825. The molecule has 0 amide bonds. The molecule has 0 saturated carbocycles. The normalized spacial score (nSPS) is 26.8. The molecule has 4 nitrogen and oxygen atoms in total. The summed E-state index contributed by atoms with van der Waals surface area (Å²) < 4.78 is 10.7. The molecule has 2 atom stereocenters. The van der Waals surface area contributed by atoms with Crippen molar-refractivity contribution in [2.75, 3.05) is 13.7 Å². The van der Waals surface area contributed by atoms with E-state index in [0.29, 0.717) is 6.04 Å². The molecule has 0 aliphatic carbocycles. The van der Waals surface area contributed by atoms with Crippen LogP contribution < -0.4 is 4.74 Å². The predicted octanol–water partition coefficient (Wildman–Crippen LogP) is 2.98. The molecule has 0 unspecified atom stereocenters. The zero-order valence-electron chi connectivity index (χ0n) is 13.1. The molecule has 4 heteroatoms. The number of ether oxygens (including phenoxy) is 2. The van der Waals surface area contributed by atoms with Gasteiger partial charge in [-0.3, -0.25) is 0 Å². The summed E-state index contributed by atoms with van der Waals surface area (Å²) in [7, 11) is 1.71. The lowest BCUT2D eigenvalue weighted by molar-refractivity contribution is -0.146.